The van der Waals surface area contributed by atoms with Crippen molar-refractivity contribution < 1.29 is 13.9 Å². The summed E-state index contributed by atoms with van der Waals surface area (Å²) in [5.41, 5.74) is 4.05. The number of benzene rings is 2. The van der Waals surface area contributed by atoms with Crippen molar-refractivity contribution >= 4 is 50.5 Å². The second kappa shape index (κ2) is 14.7. The van der Waals surface area contributed by atoms with Crippen molar-refractivity contribution in [3.63, 3.8) is 0 Å². The molecule has 0 radical (unpaired) electrons. The summed E-state index contributed by atoms with van der Waals surface area (Å²) in [5, 5.41) is 5.56. The summed E-state index contributed by atoms with van der Waals surface area (Å²) in [4.78, 5) is 27.3. The maximum atomic E-state index is 15.1. The van der Waals surface area contributed by atoms with E-state index < -0.39 is 5.82 Å². The molecule has 45 heavy (non-hydrogen) atoms. The first-order valence-corrected chi connectivity index (χ1v) is 15.5. The number of ether oxygens (including phenoxy) is 1. The number of likely N-dealkylation sites (N-methyl/N-ethyl adjacent to an activating group) is 1. The Morgan fingerprint density at radius 1 is 0.978 bits per heavy atom. The maximum Gasteiger partial charge on any atom is 0.230 e. The predicted molar refractivity (Wildman–Crippen MR) is 183 cm³/mol. The van der Waals surface area contributed by atoms with Gasteiger partial charge in [0.1, 0.15) is 5.75 Å². The Balaban J connectivity index is 0.00000400. The van der Waals surface area contributed by atoms with Crippen LogP contribution < -0.4 is 15.4 Å². The van der Waals surface area contributed by atoms with E-state index >= 15 is 4.39 Å². The molecule has 1 saturated heterocycles. The number of hydrogen-bond acceptors (Lipinski definition) is 8. The number of halogens is 1. The number of fused-ring (bicyclic) bond motifs is 1. The van der Waals surface area contributed by atoms with E-state index in [9.17, 15) is 4.79 Å². The first kappa shape index (κ1) is 32.1. The second-order valence-electron chi connectivity index (χ2n) is 10.7. The second-order valence-corrected chi connectivity index (χ2v) is 12.1. The minimum Gasteiger partial charge on any atom is -0.453 e. The third kappa shape index (κ3) is 8.25. The number of nitrogens with zero attached hydrogens (tertiary/aromatic N) is 4. The van der Waals surface area contributed by atoms with Crippen LogP contribution in [-0.2, 0) is 17.8 Å². The predicted octanol–water partition coefficient (Wildman–Crippen LogP) is 6.73. The van der Waals surface area contributed by atoms with Crippen LogP contribution in [0.5, 0.6) is 11.5 Å². The highest BCUT2D eigenvalue weighted by molar-refractivity contribution is 7.80. The van der Waals surface area contributed by atoms with E-state index in [-0.39, 0.29) is 30.6 Å². The monoisotopic (exact) mass is 642 g/mol. The summed E-state index contributed by atoms with van der Waals surface area (Å²) in [6.45, 7) is 5.17. The largest absolute Gasteiger partial charge is 0.453 e. The van der Waals surface area contributed by atoms with Gasteiger partial charge in [0.05, 0.1) is 27.2 Å². The SMILES string of the molecule is C.CN1CCN(Cc2ccc(-c3cc4nccc(Oc5ccc(NC(=S)NC(=O)Cc6ccccc6)cc5F)c4s3)nc2)CC1. The highest BCUT2D eigenvalue weighted by atomic mass is 32.1. The highest BCUT2D eigenvalue weighted by Crippen LogP contribution is 2.39. The lowest BCUT2D eigenvalue weighted by atomic mass is 10.1. The number of carbonyl (C=O) groups is 1. The standard InChI is InChI=1S/C33H31FN6O2S2.CH4/c1-39-13-15-40(16-14-39)21-23-7-9-26(36-20-23)30-19-27-32(44-30)29(11-12-35-27)42-28-10-8-24(18-25(28)34)37-33(43)38-31(41)17-22-5-3-2-4-6-22;/h2-12,18-20H,13-17,21H2,1H3,(H2,37,38,41,43);1H4. The molecule has 0 saturated carbocycles. The average molecular weight is 643 g/mol. The summed E-state index contributed by atoms with van der Waals surface area (Å²) >= 11 is 6.75. The van der Waals surface area contributed by atoms with Gasteiger partial charge in [-0.2, -0.15) is 0 Å². The van der Waals surface area contributed by atoms with Gasteiger partial charge in [-0.05, 0) is 54.7 Å². The number of nitrogens with one attached hydrogen (secondary N) is 2. The molecule has 0 atom stereocenters. The molecule has 1 fully saturated rings. The molecule has 2 N–H and O–H groups in total. The van der Waals surface area contributed by atoms with Crippen LogP contribution in [0.1, 0.15) is 18.6 Å². The van der Waals surface area contributed by atoms with Gasteiger partial charge in [0.2, 0.25) is 5.91 Å². The Labute approximate surface area is 271 Å². The Kier molecular flexibility index (Phi) is 10.5. The van der Waals surface area contributed by atoms with Crippen molar-refractivity contribution in [3.05, 3.63) is 102 Å². The highest BCUT2D eigenvalue weighted by Gasteiger charge is 2.16. The topological polar surface area (TPSA) is 82.6 Å². The fourth-order valence-corrected chi connectivity index (χ4v) is 6.22. The zero-order valence-corrected chi connectivity index (χ0v) is 25.8. The number of amides is 1. The number of hydrogen-bond donors (Lipinski definition) is 2. The summed E-state index contributed by atoms with van der Waals surface area (Å²) in [5.74, 6) is -0.277. The molecule has 11 heteroatoms. The van der Waals surface area contributed by atoms with Crippen LogP contribution in [0.25, 0.3) is 20.8 Å². The Morgan fingerprint density at radius 2 is 1.78 bits per heavy atom. The molecule has 2 aromatic carbocycles. The van der Waals surface area contributed by atoms with Crippen LogP contribution in [0.3, 0.4) is 0 Å². The normalized spacial score (nSPS) is 13.6. The number of pyridine rings is 2. The van der Waals surface area contributed by atoms with Crippen LogP contribution in [0, 0.1) is 5.82 Å². The van der Waals surface area contributed by atoms with Gasteiger partial charge in [0, 0.05) is 62.9 Å². The lowest BCUT2D eigenvalue weighted by Crippen LogP contribution is -2.43. The molecular weight excluding hydrogens is 608 g/mol. The summed E-state index contributed by atoms with van der Waals surface area (Å²) in [6.07, 6.45) is 3.77. The lowest BCUT2D eigenvalue weighted by Gasteiger charge is -2.32. The molecule has 1 amide bonds. The van der Waals surface area contributed by atoms with E-state index in [0.717, 1.165) is 59.1 Å². The van der Waals surface area contributed by atoms with Crippen molar-refractivity contribution in [2.45, 2.75) is 20.4 Å². The molecule has 1 aliphatic heterocycles. The molecule has 0 bridgehead atoms. The van der Waals surface area contributed by atoms with Crippen molar-refractivity contribution in [2.75, 3.05) is 38.5 Å². The average Bonchev–Trinajstić information content (AvgIpc) is 3.46. The molecule has 5 aromatic rings. The number of rotatable bonds is 8. The van der Waals surface area contributed by atoms with Crippen LogP contribution in [0.15, 0.2) is 85.2 Å². The minimum absolute atomic E-state index is 0. The van der Waals surface area contributed by atoms with Gasteiger partial charge < -0.3 is 20.3 Å². The molecule has 0 spiro atoms. The van der Waals surface area contributed by atoms with Gasteiger partial charge in [-0.25, -0.2) is 4.39 Å². The molecule has 3 aromatic heterocycles. The van der Waals surface area contributed by atoms with Crippen LogP contribution in [0.2, 0.25) is 0 Å². The molecular formula is C34H35FN6O2S2. The maximum absolute atomic E-state index is 15.1. The van der Waals surface area contributed by atoms with Crippen LogP contribution >= 0.6 is 23.6 Å². The number of thiophene rings is 1. The van der Waals surface area contributed by atoms with E-state index in [1.165, 1.54) is 29.0 Å². The number of piperazine rings is 1. The van der Waals surface area contributed by atoms with E-state index in [1.807, 2.05) is 48.7 Å². The summed E-state index contributed by atoms with van der Waals surface area (Å²) in [7, 11) is 2.16. The van der Waals surface area contributed by atoms with E-state index in [2.05, 4.69) is 38.5 Å². The number of carbonyl (C=O) groups excluding carboxylic acids is 1. The Hall–Kier alpha value is -4.29. The molecule has 1 aliphatic rings. The fraction of sp³-hybridized carbons (Fsp3) is 0.235. The third-order valence-electron chi connectivity index (χ3n) is 7.33. The van der Waals surface area contributed by atoms with E-state index in [1.54, 1.807) is 18.3 Å². The van der Waals surface area contributed by atoms with E-state index in [0.29, 0.717) is 11.4 Å². The summed E-state index contributed by atoms with van der Waals surface area (Å²) in [6, 6.07) is 21.6. The molecule has 8 nitrogen and oxygen atoms in total. The molecule has 0 unspecified atom stereocenters. The first-order chi connectivity index (χ1) is 21.4. The number of thiocarbonyl (C=S) groups is 1. The minimum atomic E-state index is -0.576. The van der Waals surface area contributed by atoms with Gasteiger partial charge in [-0.15, -0.1) is 11.3 Å². The Bertz CT molecular complexity index is 1770. The molecule has 4 heterocycles. The zero-order chi connectivity index (χ0) is 30.5. The van der Waals surface area contributed by atoms with Crippen molar-refractivity contribution in [2.24, 2.45) is 0 Å². The van der Waals surface area contributed by atoms with Crippen molar-refractivity contribution in [1.82, 2.24) is 25.1 Å². The van der Waals surface area contributed by atoms with Gasteiger partial charge in [0.15, 0.2) is 16.7 Å². The number of aromatic nitrogens is 2. The van der Waals surface area contributed by atoms with Crippen molar-refractivity contribution in [1.29, 1.82) is 0 Å². The van der Waals surface area contributed by atoms with Gasteiger partial charge in [-0.1, -0.05) is 43.8 Å². The van der Waals surface area contributed by atoms with Crippen LogP contribution in [-0.4, -0.2) is 64.0 Å². The van der Waals surface area contributed by atoms with Gasteiger partial charge >= 0.3 is 0 Å². The Morgan fingerprint density at radius 3 is 2.51 bits per heavy atom. The fourth-order valence-electron chi connectivity index (χ4n) is 4.94. The van der Waals surface area contributed by atoms with Gasteiger partial charge in [-0.3, -0.25) is 19.7 Å². The third-order valence-corrected chi connectivity index (χ3v) is 8.69. The van der Waals surface area contributed by atoms with Crippen LogP contribution in [0.4, 0.5) is 10.1 Å². The van der Waals surface area contributed by atoms with Crippen molar-refractivity contribution in [3.8, 4) is 22.1 Å². The molecule has 6 rings (SSSR count). The molecule has 232 valence electrons. The first-order valence-electron chi connectivity index (χ1n) is 14.3. The van der Waals surface area contributed by atoms with E-state index in [4.69, 9.17) is 21.9 Å². The van der Waals surface area contributed by atoms with Gasteiger partial charge in [0.25, 0.3) is 0 Å². The zero-order valence-electron chi connectivity index (χ0n) is 24.1. The summed E-state index contributed by atoms with van der Waals surface area (Å²) < 4.78 is 21.9. The quantitative estimate of drug-likeness (QED) is 0.181. The lowest BCUT2D eigenvalue weighted by molar-refractivity contribution is -0.119. The molecule has 0 aliphatic carbocycles. The number of anilines is 1. The smallest absolute Gasteiger partial charge is 0.230 e.